The Bertz CT molecular complexity index is 1130. The number of methoxy groups -OCH3 is 1. The van der Waals surface area contributed by atoms with Crippen LogP contribution < -0.4 is 9.72 Å². The third kappa shape index (κ3) is 4.96. The predicted octanol–water partition coefficient (Wildman–Crippen LogP) is 3.48. The maximum Gasteiger partial charge on any atom is 0.253 e. The first-order valence-corrected chi connectivity index (χ1v) is 10.7. The van der Waals surface area contributed by atoms with E-state index in [1.165, 1.54) is 24.1 Å². The summed E-state index contributed by atoms with van der Waals surface area (Å²) in [7, 11) is -1.05. The number of H-pyrrole nitrogens is 1. The number of sulfonamides is 1. The van der Waals surface area contributed by atoms with E-state index in [1.807, 2.05) is 19.1 Å². The molecule has 3 rings (SSSR count). The minimum Gasteiger partial charge on any atom is -0.573 e. The van der Waals surface area contributed by atoms with Gasteiger partial charge in [0.15, 0.2) is 12.4 Å². The van der Waals surface area contributed by atoms with E-state index in [4.69, 9.17) is 4.74 Å². The predicted molar refractivity (Wildman–Crippen MR) is 113 cm³/mol. The van der Waals surface area contributed by atoms with Gasteiger partial charge in [-0.25, -0.2) is 13.4 Å². The first-order chi connectivity index (χ1) is 14.3. The van der Waals surface area contributed by atoms with E-state index in [0.717, 1.165) is 11.1 Å². The van der Waals surface area contributed by atoms with Gasteiger partial charge < -0.3 is 14.4 Å². The normalized spacial score (nSPS) is 11.0. The van der Waals surface area contributed by atoms with Crippen molar-refractivity contribution in [2.45, 2.75) is 18.4 Å². The van der Waals surface area contributed by atoms with Crippen LogP contribution in [0, 0.1) is 6.92 Å². The van der Waals surface area contributed by atoms with Crippen LogP contribution in [0.4, 0.5) is 5.69 Å². The number of ether oxygens (including phenoxy) is 1. The maximum atomic E-state index is 12.9. The zero-order chi connectivity index (χ0) is 21.7. The number of hydrogen-bond donors (Lipinski definition) is 0. The fraction of sp³-hybridized carbons (Fsp3) is 0.182. The van der Waals surface area contributed by atoms with Crippen LogP contribution >= 0.6 is 0 Å². The van der Waals surface area contributed by atoms with Gasteiger partial charge in [0.1, 0.15) is 15.8 Å². The van der Waals surface area contributed by atoms with Gasteiger partial charge in [0.05, 0.1) is 18.6 Å². The Morgan fingerprint density at radius 3 is 2.50 bits per heavy atom. The minimum atomic E-state index is -4.09. The number of carbonyl (C=O) groups is 1. The first kappa shape index (κ1) is 21.3. The van der Waals surface area contributed by atoms with Crippen LogP contribution in [-0.2, 0) is 16.6 Å². The summed E-state index contributed by atoms with van der Waals surface area (Å²) in [5.41, 5.74) is 2.45. The molecule has 8 heteroatoms. The van der Waals surface area contributed by atoms with E-state index < -0.39 is 10.0 Å². The molecule has 0 saturated heterocycles. The molecule has 156 valence electrons. The van der Waals surface area contributed by atoms with E-state index in [1.54, 1.807) is 49.8 Å². The van der Waals surface area contributed by atoms with E-state index in [-0.39, 0.29) is 22.1 Å². The SMILES string of the molecule is COc1ccc(C(=O)N(C)Cc2ccc[nH+]c2)cc1S(=O)(=O)[N-]c1ccc(C)cc1. The van der Waals surface area contributed by atoms with Crippen molar-refractivity contribution in [1.82, 2.24) is 4.90 Å². The Morgan fingerprint density at radius 1 is 1.13 bits per heavy atom. The summed E-state index contributed by atoms with van der Waals surface area (Å²) in [6.07, 6.45) is 3.58. The largest absolute Gasteiger partial charge is 0.573 e. The van der Waals surface area contributed by atoms with Crippen LogP contribution in [-0.4, -0.2) is 33.4 Å². The highest BCUT2D eigenvalue weighted by molar-refractivity contribution is 7.94. The Balaban J connectivity index is 1.88. The van der Waals surface area contributed by atoms with Gasteiger partial charge in [-0.1, -0.05) is 29.8 Å². The third-order valence-corrected chi connectivity index (χ3v) is 5.81. The number of pyridine rings is 1. The van der Waals surface area contributed by atoms with Crippen LogP contribution in [0.5, 0.6) is 5.75 Å². The van der Waals surface area contributed by atoms with Crippen molar-refractivity contribution in [1.29, 1.82) is 0 Å². The smallest absolute Gasteiger partial charge is 0.253 e. The van der Waals surface area contributed by atoms with Gasteiger partial charge in [-0.2, -0.15) is 0 Å². The molecule has 0 saturated carbocycles. The zero-order valence-electron chi connectivity index (χ0n) is 17.0. The average Bonchev–Trinajstić information content (AvgIpc) is 2.75. The summed E-state index contributed by atoms with van der Waals surface area (Å²) in [6, 6.07) is 14.9. The van der Waals surface area contributed by atoms with E-state index in [9.17, 15) is 13.2 Å². The highest BCUT2D eigenvalue weighted by Gasteiger charge is 2.19. The molecule has 1 N–H and O–H groups in total. The summed E-state index contributed by atoms with van der Waals surface area (Å²) in [6.45, 7) is 2.28. The number of hydrogen-bond acceptors (Lipinski definition) is 4. The monoisotopic (exact) mass is 425 g/mol. The highest BCUT2D eigenvalue weighted by Crippen LogP contribution is 2.34. The molecule has 0 aliphatic carbocycles. The lowest BCUT2D eigenvalue weighted by Crippen LogP contribution is -2.27. The molecule has 0 radical (unpaired) electrons. The van der Waals surface area contributed by atoms with Crippen LogP contribution in [0.3, 0.4) is 0 Å². The van der Waals surface area contributed by atoms with Crippen molar-refractivity contribution in [3.63, 3.8) is 0 Å². The van der Waals surface area contributed by atoms with Crippen molar-refractivity contribution in [2.24, 2.45) is 0 Å². The average molecular weight is 426 g/mol. The molecule has 2 aromatic carbocycles. The van der Waals surface area contributed by atoms with E-state index in [2.05, 4.69) is 9.71 Å². The van der Waals surface area contributed by atoms with Crippen LogP contribution in [0.25, 0.3) is 4.72 Å². The van der Waals surface area contributed by atoms with Crippen molar-refractivity contribution >= 4 is 21.6 Å². The van der Waals surface area contributed by atoms with Gasteiger partial charge in [0, 0.05) is 24.2 Å². The zero-order valence-corrected chi connectivity index (χ0v) is 17.8. The van der Waals surface area contributed by atoms with Crippen molar-refractivity contribution in [3.8, 4) is 5.75 Å². The number of aromatic amines is 1. The second-order valence-corrected chi connectivity index (χ2v) is 8.41. The number of benzene rings is 2. The molecular formula is C22H23N3O4S. The Hall–Kier alpha value is -3.39. The molecule has 0 aliphatic rings. The van der Waals surface area contributed by atoms with Gasteiger partial charge in [-0.3, -0.25) is 4.79 Å². The number of aromatic nitrogens is 1. The summed E-state index contributed by atoms with van der Waals surface area (Å²) >= 11 is 0. The molecule has 0 unspecified atom stereocenters. The summed E-state index contributed by atoms with van der Waals surface area (Å²) in [5.74, 6) is -0.184. The third-order valence-electron chi connectivity index (χ3n) is 4.49. The Morgan fingerprint density at radius 2 is 1.87 bits per heavy atom. The van der Waals surface area contributed by atoms with Crippen LogP contribution in [0.15, 0.2) is 71.9 Å². The van der Waals surface area contributed by atoms with Gasteiger partial charge in [0.2, 0.25) is 0 Å². The van der Waals surface area contributed by atoms with E-state index in [0.29, 0.717) is 12.2 Å². The summed E-state index contributed by atoms with van der Waals surface area (Å²) in [5, 5.41) is 0. The molecule has 0 bridgehead atoms. The second kappa shape index (κ2) is 8.96. The topological polar surface area (TPSA) is 91.9 Å². The first-order valence-electron chi connectivity index (χ1n) is 9.23. The van der Waals surface area contributed by atoms with Crippen molar-refractivity contribution < 1.29 is 22.9 Å². The molecule has 3 aromatic rings. The number of nitrogens with one attached hydrogen (secondary N) is 1. The van der Waals surface area contributed by atoms with Gasteiger partial charge in [-0.15, -0.1) is 5.69 Å². The van der Waals surface area contributed by atoms with Gasteiger partial charge in [-0.05, 0) is 31.2 Å². The van der Waals surface area contributed by atoms with Crippen molar-refractivity contribution in [2.75, 3.05) is 14.2 Å². The quantitative estimate of drug-likeness (QED) is 0.579. The molecule has 0 spiro atoms. The second-order valence-electron chi connectivity index (χ2n) is 6.84. The lowest BCUT2D eigenvalue weighted by molar-refractivity contribution is -0.378. The molecule has 30 heavy (non-hydrogen) atoms. The van der Waals surface area contributed by atoms with Crippen molar-refractivity contribution in [3.05, 3.63) is 88.4 Å². The Labute approximate surface area is 176 Å². The van der Waals surface area contributed by atoms with Gasteiger partial charge >= 0.3 is 0 Å². The molecule has 0 aliphatic heterocycles. The maximum absolute atomic E-state index is 12.9. The highest BCUT2D eigenvalue weighted by atomic mass is 32.2. The fourth-order valence-corrected chi connectivity index (χ4v) is 4.08. The Kier molecular flexibility index (Phi) is 6.37. The van der Waals surface area contributed by atoms with E-state index >= 15 is 0 Å². The lowest BCUT2D eigenvalue weighted by atomic mass is 10.2. The number of aryl methyl sites for hydroxylation is 1. The number of carbonyl (C=O) groups excluding carboxylic acids is 1. The number of amides is 1. The van der Waals surface area contributed by atoms with Crippen LogP contribution in [0.2, 0.25) is 0 Å². The molecule has 0 atom stereocenters. The minimum absolute atomic E-state index is 0.128. The summed E-state index contributed by atoms with van der Waals surface area (Å²) in [4.78, 5) is 17.2. The summed E-state index contributed by atoms with van der Waals surface area (Å²) < 4.78 is 35.0. The standard InChI is InChI=1S/C22H22N3O4S/c1-16-6-9-19(10-7-16)24-30(27,28)21-13-18(8-11-20(21)29-3)22(26)25(2)15-17-5-4-12-23-14-17/h4-14H,15H2,1-3H3/q-1/p+1. The molecular weight excluding hydrogens is 402 g/mol. The van der Waals surface area contributed by atoms with Crippen LogP contribution in [0.1, 0.15) is 21.5 Å². The number of nitrogens with zero attached hydrogens (tertiary/aromatic N) is 2. The molecule has 1 heterocycles. The molecule has 1 aromatic heterocycles. The fourth-order valence-electron chi connectivity index (χ4n) is 2.90. The van der Waals surface area contributed by atoms with Gasteiger partial charge in [0.25, 0.3) is 5.91 Å². The molecule has 0 fully saturated rings. The number of rotatable bonds is 7. The molecule has 1 amide bonds. The molecule has 7 nitrogen and oxygen atoms in total. The lowest BCUT2D eigenvalue weighted by Gasteiger charge is -2.24.